The number of fused-ring (bicyclic) bond motifs is 1. The van der Waals surface area contributed by atoms with Crippen LogP contribution in [0.2, 0.25) is 5.02 Å². The first-order valence-corrected chi connectivity index (χ1v) is 16.0. The van der Waals surface area contributed by atoms with Crippen molar-refractivity contribution in [2.24, 2.45) is 5.41 Å². The van der Waals surface area contributed by atoms with Gasteiger partial charge in [0.05, 0.1) is 65.9 Å². The molecule has 0 radical (unpaired) electrons. The molecule has 2 aliphatic rings. The maximum absolute atomic E-state index is 13.0. The highest BCUT2D eigenvalue weighted by molar-refractivity contribution is 7.99. The second-order valence-corrected chi connectivity index (χ2v) is 15.0. The fourth-order valence-electron chi connectivity index (χ4n) is 5.36. The molecule has 1 aromatic carbocycles. The van der Waals surface area contributed by atoms with Crippen LogP contribution in [0.3, 0.4) is 0 Å². The van der Waals surface area contributed by atoms with Gasteiger partial charge in [-0.15, -0.1) is 4.72 Å². The minimum atomic E-state index is -1.17. The third kappa shape index (κ3) is 6.21. The van der Waals surface area contributed by atoms with Gasteiger partial charge in [0.15, 0.2) is 0 Å². The van der Waals surface area contributed by atoms with Gasteiger partial charge in [-0.25, -0.2) is 15.0 Å². The molecule has 1 spiro atoms. The lowest BCUT2D eigenvalue weighted by atomic mass is 9.73. The molecule has 2 aromatic heterocycles. The minimum absolute atomic E-state index is 0.00193. The van der Waals surface area contributed by atoms with Gasteiger partial charge < -0.3 is 14.2 Å². The molecule has 5 rings (SSSR count). The number of ether oxygens (including phenoxy) is 1. The Hall–Kier alpha value is -2.40. The Morgan fingerprint density at radius 3 is 2.68 bits per heavy atom. The molecule has 0 aliphatic carbocycles. The van der Waals surface area contributed by atoms with E-state index in [9.17, 15) is 9.35 Å². The molecular formula is C28H34ClN7O3S2. The smallest absolute Gasteiger partial charge is 0.262 e. The molecule has 3 aromatic rings. The molecular weight excluding hydrogens is 582 g/mol. The summed E-state index contributed by atoms with van der Waals surface area (Å²) in [5, 5.41) is 10.2. The van der Waals surface area contributed by atoms with Crippen LogP contribution in [0.15, 0.2) is 45.6 Å². The van der Waals surface area contributed by atoms with E-state index in [1.807, 2.05) is 32.9 Å². The number of piperidine rings is 1. The van der Waals surface area contributed by atoms with Crippen molar-refractivity contribution in [1.29, 1.82) is 5.26 Å². The van der Waals surface area contributed by atoms with Crippen LogP contribution in [-0.4, -0.2) is 60.7 Å². The highest BCUT2D eigenvalue weighted by Crippen LogP contribution is 2.43. The van der Waals surface area contributed by atoms with E-state index in [1.54, 1.807) is 18.5 Å². The topological polar surface area (TPSA) is 132 Å². The summed E-state index contributed by atoms with van der Waals surface area (Å²) in [6, 6.07) is 5.66. The largest absolute Gasteiger partial charge is 0.598 e. The van der Waals surface area contributed by atoms with Crippen LogP contribution in [0.25, 0.3) is 10.9 Å². The van der Waals surface area contributed by atoms with E-state index in [4.69, 9.17) is 21.6 Å². The Bertz CT molecular complexity index is 1500. The number of nitrogens with one attached hydrogen (secondary N) is 1. The zero-order valence-electron chi connectivity index (χ0n) is 23.6. The lowest BCUT2D eigenvalue weighted by Gasteiger charge is -2.43. The van der Waals surface area contributed by atoms with Crippen molar-refractivity contribution in [2.75, 3.05) is 24.6 Å². The van der Waals surface area contributed by atoms with Crippen LogP contribution in [0.5, 0.6) is 0 Å². The molecule has 1 unspecified atom stereocenters. The number of anilines is 1. The van der Waals surface area contributed by atoms with Gasteiger partial charge in [0.2, 0.25) is 0 Å². The van der Waals surface area contributed by atoms with Crippen LogP contribution in [-0.2, 0) is 22.6 Å². The van der Waals surface area contributed by atoms with E-state index < -0.39 is 11.4 Å². The highest BCUT2D eigenvalue weighted by atomic mass is 35.5. The molecule has 2 aliphatic heterocycles. The first kappa shape index (κ1) is 30.1. The van der Waals surface area contributed by atoms with E-state index in [1.165, 1.54) is 22.7 Å². The molecule has 13 heteroatoms. The Labute approximate surface area is 252 Å². The summed E-state index contributed by atoms with van der Waals surface area (Å²) < 4.78 is 23.4. The average molecular weight is 616 g/mol. The first-order valence-electron chi connectivity index (χ1n) is 13.6. The van der Waals surface area contributed by atoms with Crippen LogP contribution in [0.4, 0.5) is 5.82 Å². The number of hydrogen-bond donors (Lipinski definition) is 1. The number of nitrogens with zero attached hydrogens (tertiary/aromatic N) is 6. The zero-order chi connectivity index (χ0) is 29.4. The third-order valence-electron chi connectivity index (χ3n) is 7.83. The normalized spacial score (nSPS) is 21.3. The molecule has 0 amide bonds. The molecule has 1 N–H and O–H groups in total. The van der Waals surface area contributed by atoms with Crippen molar-refractivity contribution >= 4 is 51.4 Å². The Morgan fingerprint density at radius 1 is 1.27 bits per heavy atom. The van der Waals surface area contributed by atoms with E-state index in [2.05, 4.69) is 31.5 Å². The molecule has 10 nitrogen and oxygen atoms in total. The van der Waals surface area contributed by atoms with Gasteiger partial charge in [0, 0.05) is 41.3 Å². The summed E-state index contributed by atoms with van der Waals surface area (Å²) in [6.07, 6.45) is 6.95. The second kappa shape index (κ2) is 12.1. The van der Waals surface area contributed by atoms with Crippen LogP contribution >= 0.6 is 23.4 Å². The Kier molecular flexibility index (Phi) is 8.85. The lowest BCUT2D eigenvalue weighted by Crippen LogP contribution is -2.56. The van der Waals surface area contributed by atoms with Crippen molar-refractivity contribution in [3.05, 3.63) is 46.2 Å². The van der Waals surface area contributed by atoms with Crippen LogP contribution in [0.1, 0.15) is 47.0 Å². The molecule has 0 saturated carbocycles. The number of halogens is 1. The maximum atomic E-state index is 13.0. The number of nitriles is 1. The van der Waals surface area contributed by atoms with Crippen molar-refractivity contribution in [1.82, 2.24) is 24.2 Å². The zero-order valence-corrected chi connectivity index (χ0v) is 26.0. The van der Waals surface area contributed by atoms with E-state index in [0.29, 0.717) is 32.5 Å². The number of benzene rings is 1. The van der Waals surface area contributed by atoms with Crippen LogP contribution < -0.4 is 15.2 Å². The molecule has 2 fully saturated rings. The fraction of sp³-hybridized carbons (Fsp3) is 0.536. The molecule has 218 valence electrons. The standard InChI is InChI=1S/C28H34ClN7O3S2/c1-18-25(34-41(38)27(2,3)4)28(16-39-18)8-12-35(13-9-28)21-14-32-22(15-31-21)40-20-7-6-19-23(24(20)29)26(37)36(17-33-19)11-5-10-30/h6-7,14-15,17-18,25,34H,5,8-9,11-13,16H2,1-4H3/t18-,25+,41?/m0/s1. The number of rotatable bonds is 7. The van der Waals surface area contributed by atoms with Gasteiger partial charge in [0.1, 0.15) is 15.6 Å². The maximum Gasteiger partial charge on any atom is 0.262 e. The molecule has 2 saturated heterocycles. The predicted molar refractivity (Wildman–Crippen MR) is 162 cm³/mol. The highest BCUT2D eigenvalue weighted by Gasteiger charge is 2.52. The van der Waals surface area contributed by atoms with Crippen molar-refractivity contribution in [3.8, 4) is 6.07 Å². The number of hydrogen-bond acceptors (Lipinski definition) is 10. The van der Waals surface area contributed by atoms with Crippen LogP contribution in [0, 0.1) is 16.7 Å². The summed E-state index contributed by atoms with van der Waals surface area (Å²) in [7, 11) is 0. The van der Waals surface area contributed by atoms with E-state index in [-0.39, 0.29) is 40.8 Å². The Balaban J connectivity index is 1.26. The summed E-state index contributed by atoms with van der Waals surface area (Å²) in [5.41, 5.74) is 0.173. The first-order chi connectivity index (χ1) is 19.5. The molecule has 3 atom stereocenters. The molecule has 0 bridgehead atoms. The number of aromatic nitrogens is 4. The van der Waals surface area contributed by atoms with Crippen molar-refractivity contribution in [3.63, 3.8) is 0 Å². The summed E-state index contributed by atoms with van der Waals surface area (Å²) in [6.45, 7) is 10.5. The van der Waals surface area contributed by atoms with Crippen molar-refractivity contribution in [2.45, 2.75) is 80.3 Å². The minimum Gasteiger partial charge on any atom is -0.598 e. The molecule has 4 heterocycles. The Morgan fingerprint density at radius 2 is 2.02 bits per heavy atom. The predicted octanol–water partition coefficient (Wildman–Crippen LogP) is 4.33. The van der Waals surface area contributed by atoms with E-state index in [0.717, 1.165) is 31.7 Å². The summed E-state index contributed by atoms with van der Waals surface area (Å²) >= 11 is 6.83. The van der Waals surface area contributed by atoms with Gasteiger partial charge in [-0.05, 0) is 52.7 Å². The second-order valence-electron chi connectivity index (χ2n) is 11.6. The van der Waals surface area contributed by atoms with Gasteiger partial charge >= 0.3 is 0 Å². The summed E-state index contributed by atoms with van der Waals surface area (Å²) in [5.74, 6) is 0.799. The quantitative estimate of drug-likeness (QED) is 0.383. The van der Waals surface area contributed by atoms with Gasteiger partial charge in [-0.1, -0.05) is 23.4 Å². The number of aryl methyl sites for hydroxylation is 1. The van der Waals surface area contributed by atoms with Gasteiger partial charge in [-0.2, -0.15) is 5.26 Å². The van der Waals surface area contributed by atoms with E-state index >= 15 is 0 Å². The summed E-state index contributed by atoms with van der Waals surface area (Å²) in [4.78, 5) is 29.5. The SMILES string of the molecule is C[C@@H]1OCC2(CCN(c3cnc(Sc4ccc5ncn(CCC#N)c(=O)c5c4Cl)cn3)CC2)[C@@H]1N[S+]([O-])C(C)(C)C. The molecule has 41 heavy (non-hydrogen) atoms. The lowest BCUT2D eigenvalue weighted by molar-refractivity contribution is 0.0973. The third-order valence-corrected chi connectivity index (χ3v) is 10.9. The average Bonchev–Trinajstić information content (AvgIpc) is 3.24. The van der Waals surface area contributed by atoms with Crippen molar-refractivity contribution < 1.29 is 9.29 Å². The monoisotopic (exact) mass is 615 g/mol. The van der Waals surface area contributed by atoms with Gasteiger partial charge in [0.25, 0.3) is 5.56 Å². The fourth-order valence-corrected chi connectivity index (χ4v) is 7.51. The van der Waals surface area contributed by atoms with Gasteiger partial charge in [-0.3, -0.25) is 9.36 Å².